The van der Waals surface area contributed by atoms with Crippen LogP contribution in [-0.2, 0) is 0 Å². The molecule has 1 aromatic carbocycles. The van der Waals surface area contributed by atoms with Crippen LogP contribution in [0.25, 0.3) is 0 Å². The van der Waals surface area contributed by atoms with Gasteiger partial charge in [0.25, 0.3) is 0 Å². The third-order valence-electron chi connectivity index (χ3n) is 0.756. The van der Waals surface area contributed by atoms with Crippen LogP contribution in [0.3, 0.4) is 0 Å². The van der Waals surface area contributed by atoms with E-state index < -0.39 is 7.69 Å². The maximum absolute atomic E-state index is 7.12. The Morgan fingerprint density at radius 2 is 1.42 bits per heavy atom. The molecule has 0 saturated carbocycles. The van der Waals surface area contributed by atoms with Gasteiger partial charge >= 0.3 is 37.2 Å². The Hall–Kier alpha value is 0.515. The van der Waals surface area contributed by atoms with Crippen molar-refractivity contribution in [2.24, 2.45) is 0 Å². The molecule has 0 aliphatic rings. The number of thiol groups is 1. The quantitative estimate of drug-likeness (QED) is 0.359. The molecule has 0 atom stereocenters. The fraction of sp³-hybridized carbons (Fsp3) is 0. The van der Waals surface area contributed by atoms with Gasteiger partial charge in [0.15, 0.2) is 0 Å². The summed E-state index contributed by atoms with van der Waals surface area (Å²) in [4.78, 5) is 1.02. The van der Waals surface area contributed by atoms with E-state index in [1.54, 1.807) is 0 Å². The van der Waals surface area contributed by atoms with E-state index in [2.05, 4.69) is 12.6 Å². The Kier molecular flexibility index (Phi) is 21.5. The molecule has 0 fully saturated rings. The van der Waals surface area contributed by atoms with Crippen LogP contribution in [0.5, 0.6) is 0 Å². The topological polar surface area (TPSA) is 72.0 Å². The zero-order valence-electron chi connectivity index (χ0n) is 5.94. The molecule has 0 amide bonds. The Balaban J connectivity index is -0.000000146. The third-order valence-corrected chi connectivity index (χ3v) is 1.05. The van der Waals surface area contributed by atoms with Gasteiger partial charge in [0, 0.05) is 4.90 Å². The van der Waals surface area contributed by atoms with E-state index in [4.69, 9.17) is 10.0 Å². The van der Waals surface area contributed by atoms with Gasteiger partial charge in [-0.15, -0.1) is 12.6 Å². The van der Waals surface area contributed by atoms with Gasteiger partial charge in [-0.1, -0.05) is 18.2 Å². The minimum atomic E-state index is -0.750. The van der Waals surface area contributed by atoms with Gasteiger partial charge in [0.1, 0.15) is 0 Å². The van der Waals surface area contributed by atoms with E-state index in [0.29, 0.717) is 0 Å². The molecule has 0 heterocycles. The van der Waals surface area contributed by atoms with Crippen LogP contribution in [0, 0.1) is 0 Å². The summed E-state index contributed by atoms with van der Waals surface area (Å²) in [6.45, 7) is 0. The van der Waals surface area contributed by atoms with Crippen LogP contribution < -0.4 is 0 Å². The van der Waals surface area contributed by atoms with Crippen LogP contribution in [-0.4, -0.2) is 52.8 Å². The molecule has 0 bridgehead atoms. The van der Waals surface area contributed by atoms with Crippen LogP contribution in [0.1, 0.15) is 0 Å². The van der Waals surface area contributed by atoms with Gasteiger partial charge in [0.2, 0.25) is 0 Å². The second kappa shape index (κ2) is 14.1. The summed E-state index contributed by atoms with van der Waals surface area (Å²) in [6.07, 6.45) is 0. The van der Waals surface area contributed by atoms with E-state index in [9.17, 15) is 0 Å². The van der Waals surface area contributed by atoms with Gasteiger partial charge in [0.05, 0.1) is 0 Å². The van der Waals surface area contributed by atoms with Crippen molar-refractivity contribution in [1.82, 2.24) is 0 Å². The predicted molar refractivity (Wildman–Crippen MR) is 56.0 cm³/mol. The molecule has 0 aliphatic heterocycles. The molecular formula is C6H12BNaO3S. The average molecular weight is 198 g/mol. The summed E-state index contributed by atoms with van der Waals surface area (Å²) in [5, 5.41) is 14.2. The third kappa shape index (κ3) is 13.1. The Morgan fingerprint density at radius 3 is 1.58 bits per heavy atom. The SMILES string of the molecule is O.OBO.Sc1ccccc1.[NaH]. The molecule has 0 radical (unpaired) electrons. The second-order valence-corrected chi connectivity index (χ2v) is 1.99. The molecule has 1 rings (SSSR count). The fourth-order valence-corrected chi connectivity index (χ4v) is 0.600. The summed E-state index contributed by atoms with van der Waals surface area (Å²) in [5.41, 5.74) is 0. The Bertz CT molecular complexity index is 164. The maximum atomic E-state index is 7.12. The predicted octanol–water partition coefficient (Wildman–Crippen LogP) is -1.26. The fourth-order valence-electron chi connectivity index (χ4n) is 0.428. The minimum absolute atomic E-state index is 0. The molecule has 0 aromatic heterocycles. The normalized spacial score (nSPS) is 6.25. The van der Waals surface area contributed by atoms with Crippen molar-refractivity contribution in [3.05, 3.63) is 30.3 Å². The van der Waals surface area contributed by atoms with Crippen molar-refractivity contribution in [3.8, 4) is 0 Å². The van der Waals surface area contributed by atoms with E-state index >= 15 is 0 Å². The Morgan fingerprint density at radius 1 is 1.08 bits per heavy atom. The molecule has 0 aliphatic carbocycles. The van der Waals surface area contributed by atoms with Crippen molar-refractivity contribution in [1.29, 1.82) is 0 Å². The second-order valence-electron chi connectivity index (χ2n) is 1.48. The van der Waals surface area contributed by atoms with Crippen molar-refractivity contribution < 1.29 is 15.5 Å². The first-order valence-electron chi connectivity index (χ1n) is 2.77. The first kappa shape index (κ1) is 18.3. The van der Waals surface area contributed by atoms with Crippen LogP contribution in [0.2, 0.25) is 0 Å². The molecule has 12 heavy (non-hydrogen) atoms. The van der Waals surface area contributed by atoms with Gasteiger partial charge in [-0.2, -0.15) is 0 Å². The molecule has 0 saturated heterocycles. The number of rotatable bonds is 0. The number of hydrogen-bond donors (Lipinski definition) is 3. The Labute approximate surface area is 100 Å². The van der Waals surface area contributed by atoms with Crippen LogP contribution in [0.15, 0.2) is 35.2 Å². The monoisotopic (exact) mass is 198 g/mol. The number of hydrogen-bond acceptors (Lipinski definition) is 3. The zero-order chi connectivity index (χ0) is 7.82. The van der Waals surface area contributed by atoms with Gasteiger partial charge in [-0.3, -0.25) is 0 Å². The van der Waals surface area contributed by atoms with E-state index in [1.807, 2.05) is 30.3 Å². The molecule has 6 heteroatoms. The number of benzene rings is 1. The molecule has 0 unspecified atom stereocenters. The first-order valence-corrected chi connectivity index (χ1v) is 3.21. The standard InChI is InChI=1S/C6H6S.BH3O2.Na.H2O.H/c7-6-4-2-1-3-5-6;2-1-3;;;/h1-5,7H;1-3H;;1H2;. The summed E-state index contributed by atoms with van der Waals surface area (Å²) < 4.78 is 0. The van der Waals surface area contributed by atoms with E-state index in [0.717, 1.165) is 4.90 Å². The molecule has 3 nitrogen and oxygen atoms in total. The van der Waals surface area contributed by atoms with Crippen molar-refractivity contribution in [2.45, 2.75) is 4.90 Å². The molecular weight excluding hydrogens is 186 g/mol. The summed E-state index contributed by atoms with van der Waals surface area (Å²) in [6, 6.07) is 9.79. The van der Waals surface area contributed by atoms with E-state index in [1.165, 1.54) is 0 Å². The van der Waals surface area contributed by atoms with Crippen LogP contribution in [0.4, 0.5) is 0 Å². The van der Waals surface area contributed by atoms with E-state index in [-0.39, 0.29) is 35.0 Å². The molecule has 64 valence electrons. The van der Waals surface area contributed by atoms with Crippen molar-refractivity contribution in [3.63, 3.8) is 0 Å². The van der Waals surface area contributed by atoms with Gasteiger partial charge in [-0.25, -0.2) is 0 Å². The average Bonchev–Trinajstić information content (AvgIpc) is 1.91. The molecule has 1 aromatic rings. The van der Waals surface area contributed by atoms with Crippen LogP contribution >= 0.6 is 12.6 Å². The first-order chi connectivity index (χ1) is 4.81. The summed E-state index contributed by atoms with van der Waals surface area (Å²) in [7, 11) is -0.750. The summed E-state index contributed by atoms with van der Waals surface area (Å²) >= 11 is 4.08. The van der Waals surface area contributed by atoms with Gasteiger partial charge < -0.3 is 15.5 Å². The molecule has 4 N–H and O–H groups in total. The van der Waals surface area contributed by atoms with Crippen molar-refractivity contribution >= 4 is 49.9 Å². The zero-order valence-corrected chi connectivity index (χ0v) is 6.83. The molecule has 0 spiro atoms. The van der Waals surface area contributed by atoms with Gasteiger partial charge in [-0.05, 0) is 12.1 Å². The van der Waals surface area contributed by atoms with Crippen molar-refractivity contribution in [2.75, 3.05) is 0 Å². The summed E-state index contributed by atoms with van der Waals surface area (Å²) in [5.74, 6) is 0.